The summed E-state index contributed by atoms with van der Waals surface area (Å²) in [6.07, 6.45) is 7.71. The summed E-state index contributed by atoms with van der Waals surface area (Å²) < 4.78 is 0. The highest BCUT2D eigenvalue weighted by molar-refractivity contribution is 5.92. The van der Waals surface area contributed by atoms with E-state index in [9.17, 15) is 4.79 Å². The minimum atomic E-state index is 0.260. The van der Waals surface area contributed by atoms with Crippen molar-refractivity contribution in [2.75, 3.05) is 26.2 Å². The SMILES string of the molecule is O=C1C=C(NCCN2CC=CC2)CC1. The van der Waals surface area contributed by atoms with Crippen molar-refractivity contribution < 1.29 is 4.79 Å². The Hall–Kier alpha value is -1.09. The molecule has 0 radical (unpaired) electrons. The molecule has 1 N–H and O–H groups in total. The third-order valence-electron chi connectivity index (χ3n) is 2.65. The monoisotopic (exact) mass is 192 g/mol. The highest BCUT2D eigenvalue weighted by Gasteiger charge is 2.11. The van der Waals surface area contributed by atoms with Gasteiger partial charge in [-0.3, -0.25) is 9.69 Å². The molecule has 1 aliphatic carbocycles. The van der Waals surface area contributed by atoms with E-state index >= 15 is 0 Å². The molecule has 0 amide bonds. The Kier molecular flexibility index (Phi) is 2.99. The standard InChI is InChI=1S/C11H16N2O/c14-11-4-3-10(9-11)12-5-8-13-6-1-2-7-13/h1-2,9,12H,3-8H2. The predicted molar refractivity (Wildman–Crippen MR) is 55.9 cm³/mol. The maximum Gasteiger partial charge on any atom is 0.157 e. The van der Waals surface area contributed by atoms with Gasteiger partial charge in [0.1, 0.15) is 0 Å². The molecule has 0 fully saturated rings. The molecule has 0 aromatic heterocycles. The van der Waals surface area contributed by atoms with Gasteiger partial charge in [-0.05, 0) is 6.42 Å². The first-order valence-electron chi connectivity index (χ1n) is 5.19. The molecule has 14 heavy (non-hydrogen) atoms. The van der Waals surface area contributed by atoms with E-state index in [4.69, 9.17) is 0 Å². The molecule has 0 spiro atoms. The van der Waals surface area contributed by atoms with Crippen LogP contribution in [0.2, 0.25) is 0 Å². The highest BCUT2D eigenvalue weighted by Crippen LogP contribution is 2.11. The van der Waals surface area contributed by atoms with Gasteiger partial charge in [0.15, 0.2) is 5.78 Å². The second-order valence-electron chi connectivity index (χ2n) is 3.79. The Morgan fingerprint density at radius 2 is 2.07 bits per heavy atom. The van der Waals surface area contributed by atoms with Crippen molar-refractivity contribution in [2.45, 2.75) is 12.8 Å². The quantitative estimate of drug-likeness (QED) is 0.665. The van der Waals surface area contributed by atoms with Crippen LogP contribution in [0.15, 0.2) is 23.9 Å². The molecule has 0 unspecified atom stereocenters. The molecule has 0 bridgehead atoms. The molecule has 0 aromatic rings. The molecule has 0 atom stereocenters. The van der Waals surface area contributed by atoms with Crippen molar-refractivity contribution in [3.8, 4) is 0 Å². The number of rotatable bonds is 4. The van der Waals surface area contributed by atoms with Gasteiger partial charge in [0.05, 0.1) is 0 Å². The van der Waals surface area contributed by atoms with E-state index in [1.165, 1.54) is 0 Å². The van der Waals surface area contributed by atoms with Crippen LogP contribution in [-0.2, 0) is 4.79 Å². The van der Waals surface area contributed by atoms with Gasteiger partial charge in [0, 0.05) is 44.4 Å². The molecular weight excluding hydrogens is 176 g/mol. The highest BCUT2D eigenvalue weighted by atomic mass is 16.1. The van der Waals surface area contributed by atoms with Crippen LogP contribution in [0.5, 0.6) is 0 Å². The topological polar surface area (TPSA) is 32.3 Å². The Morgan fingerprint density at radius 1 is 1.29 bits per heavy atom. The summed E-state index contributed by atoms with van der Waals surface area (Å²) in [7, 11) is 0. The molecule has 0 saturated carbocycles. The third-order valence-corrected chi connectivity index (χ3v) is 2.65. The second kappa shape index (κ2) is 4.42. The van der Waals surface area contributed by atoms with E-state index < -0.39 is 0 Å². The lowest BCUT2D eigenvalue weighted by molar-refractivity contribution is -0.114. The van der Waals surface area contributed by atoms with Gasteiger partial charge in [-0.2, -0.15) is 0 Å². The first-order chi connectivity index (χ1) is 6.84. The van der Waals surface area contributed by atoms with Gasteiger partial charge >= 0.3 is 0 Å². The van der Waals surface area contributed by atoms with Gasteiger partial charge in [-0.25, -0.2) is 0 Å². The van der Waals surface area contributed by atoms with Gasteiger partial charge in [-0.15, -0.1) is 0 Å². The third kappa shape index (κ3) is 2.45. The van der Waals surface area contributed by atoms with Gasteiger partial charge in [-0.1, -0.05) is 12.2 Å². The zero-order chi connectivity index (χ0) is 9.80. The maximum absolute atomic E-state index is 10.9. The Bertz CT molecular complexity index is 273. The van der Waals surface area contributed by atoms with Crippen molar-refractivity contribution in [2.24, 2.45) is 0 Å². The molecule has 2 aliphatic rings. The van der Waals surface area contributed by atoms with E-state index in [2.05, 4.69) is 22.4 Å². The fourth-order valence-electron chi connectivity index (χ4n) is 1.81. The molecular formula is C11H16N2O. The maximum atomic E-state index is 10.9. The van der Waals surface area contributed by atoms with Gasteiger partial charge in [0.2, 0.25) is 0 Å². The Labute approximate surface area is 84.5 Å². The summed E-state index contributed by atoms with van der Waals surface area (Å²) in [4.78, 5) is 13.3. The van der Waals surface area contributed by atoms with Crippen LogP contribution in [0.3, 0.4) is 0 Å². The average molecular weight is 192 g/mol. The van der Waals surface area contributed by atoms with Crippen molar-refractivity contribution in [3.05, 3.63) is 23.9 Å². The number of hydrogen-bond donors (Lipinski definition) is 1. The molecule has 1 aliphatic heterocycles. The van der Waals surface area contributed by atoms with Crippen LogP contribution in [0.25, 0.3) is 0 Å². The molecule has 1 heterocycles. The van der Waals surface area contributed by atoms with E-state index in [1.54, 1.807) is 6.08 Å². The predicted octanol–water partition coefficient (Wildman–Crippen LogP) is 0.695. The zero-order valence-electron chi connectivity index (χ0n) is 8.33. The number of nitrogens with zero attached hydrogens (tertiary/aromatic N) is 1. The number of ketones is 1. The fraction of sp³-hybridized carbons (Fsp3) is 0.545. The number of hydrogen-bond acceptors (Lipinski definition) is 3. The number of nitrogens with one attached hydrogen (secondary N) is 1. The normalized spacial score (nSPS) is 21.7. The first-order valence-corrected chi connectivity index (χ1v) is 5.19. The summed E-state index contributed by atoms with van der Waals surface area (Å²) in [5, 5.41) is 3.31. The largest absolute Gasteiger partial charge is 0.387 e. The van der Waals surface area contributed by atoms with Crippen molar-refractivity contribution in [1.29, 1.82) is 0 Å². The fourth-order valence-corrected chi connectivity index (χ4v) is 1.81. The minimum absolute atomic E-state index is 0.260. The van der Waals surface area contributed by atoms with Crippen LogP contribution in [0.4, 0.5) is 0 Å². The van der Waals surface area contributed by atoms with Crippen LogP contribution in [-0.4, -0.2) is 36.9 Å². The summed E-state index contributed by atoms with van der Waals surface area (Å²) in [6.45, 7) is 4.14. The van der Waals surface area contributed by atoms with Crippen LogP contribution in [0.1, 0.15) is 12.8 Å². The van der Waals surface area contributed by atoms with Crippen molar-refractivity contribution in [3.63, 3.8) is 0 Å². The molecule has 0 saturated heterocycles. The van der Waals surface area contributed by atoms with Crippen LogP contribution in [0, 0.1) is 0 Å². The zero-order valence-corrected chi connectivity index (χ0v) is 8.33. The molecule has 3 nitrogen and oxygen atoms in total. The molecule has 0 aromatic carbocycles. The Balaban J connectivity index is 1.63. The van der Waals surface area contributed by atoms with Crippen LogP contribution >= 0.6 is 0 Å². The van der Waals surface area contributed by atoms with E-state index in [0.717, 1.165) is 38.3 Å². The summed E-state index contributed by atoms with van der Waals surface area (Å²) in [5.74, 6) is 0.260. The first kappa shape index (κ1) is 9.46. The van der Waals surface area contributed by atoms with E-state index in [-0.39, 0.29) is 5.78 Å². The van der Waals surface area contributed by atoms with Crippen LogP contribution < -0.4 is 5.32 Å². The lowest BCUT2D eigenvalue weighted by Crippen LogP contribution is -2.29. The number of carbonyl (C=O) groups excluding carboxylic acids is 1. The average Bonchev–Trinajstić information content (AvgIpc) is 2.77. The summed E-state index contributed by atoms with van der Waals surface area (Å²) in [6, 6.07) is 0. The van der Waals surface area contributed by atoms with Gasteiger partial charge < -0.3 is 5.32 Å². The lowest BCUT2D eigenvalue weighted by atomic mass is 10.3. The number of carbonyl (C=O) groups is 1. The second-order valence-corrected chi connectivity index (χ2v) is 3.79. The molecule has 3 heteroatoms. The molecule has 2 rings (SSSR count). The van der Waals surface area contributed by atoms with Crippen molar-refractivity contribution >= 4 is 5.78 Å². The Morgan fingerprint density at radius 3 is 2.71 bits per heavy atom. The van der Waals surface area contributed by atoms with E-state index in [1.807, 2.05) is 0 Å². The summed E-state index contributed by atoms with van der Waals surface area (Å²) >= 11 is 0. The number of allylic oxidation sites excluding steroid dienone is 2. The minimum Gasteiger partial charge on any atom is -0.387 e. The lowest BCUT2D eigenvalue weighted by Gasteiger charge is -2.15. The van der Waals surface area contributed by atoms with E-state index in [0.29, 0.717) is 6.42 Å². The molecule has 76 valence electrons. The van der Waals surface area contributed by atoms with Crippen molar-refractivity contribution in [1.82, 2.24) is 10.2 Å². The smallest absolute Gasteiger partial charge is 0.157 e. The van der Waals surface area contributed by atoms with Gasteiger partial charge in [0.25, 0.3) is 0 Å². The summed E-state index contributed by atoms with van der Waals surface area (Å²) in [5.41, 5.74) is 1.11.